The van der Waals surface area contributed by atoms with Crippen molar-refractivity contribution in [2.24, 2.45) is 5.41 Å². The van der Waals surface area contributed by atoms with Crippen molar-refractivity contribution in [2.75, 3.05) is 0 Å². The summed E-state index contributed by atoms with van der Waals surface area (Å²) in [7, 11) is 0. The van der Waals surface area contributed by atoms with Crippen molar-refractivity contribution >= 4 is 0 Å². The van der Waals surface area contributed by atoms with Gasteiger partial charge in [-0.15, -0.1) is 0 Å². The molecule has 0 aliphatic heterocycles. The first-order valence-electron chi connectivity index (χ1n) is 3.25. The summed E-state index contributed by atoms with van der Waals surface area (Å²) in [6.45, 7) is 7.05. The van der Waals surface area contributed by atoms with E-state index >= 15 is 0 Å². The lowest BCUT2D eigenvalue weighted by molar-refractivity contribution is -0.0289. The van der Waals surface area contributed by atoms with Crippen LogP contribution in [0.3, 0.4) is 0 Å². The summed E-state index contributed by atoms with van der Waals surface area (Å²) in [5.41, 5.74) is -0.389. The molecule has 0 aromatic heterocycles. The second-order valence-electron chi connectivity index (χ2n) is 3.17. The molecule has 0 bridgehead atoms. The average Bonchev–Trinajstić information content (AvgIpc) is 1.65. The third kappa shape index (κ3) is 1.95. The molecule has 2 N–H and O–H groups in total. The normalized spacial score (nSPS) is 19.3. The van der Waals surface area contributed by atoms with Crippen molar-refractivity contribution in [2.45, 2.75) is 39.9 Å². The Morgan fingerprint density at radius 1 is 1.00 bits per heavy atom. The highest BCUT2D eigenvalue weighted by Gasteiger charge is 2.29. The van der Waals surface area contributed by atoms with E-state index in [1.807, 2.05) is 13.8 Å². The van der Waals surface area contributed by atoms with Gasteiger partial charge in [-0.3, -0.25) is 0 Å². The topological polar surface area (TPSA) is 40.5 Å². The highest BCUT2D eigenvalue weighted by molar-refractivity contribution is 4.79. The van der Waals surface area contributed by atoms with Crippen LogP contribution in [0.5, 0.6) is 0 Å². The van der Waals surface area contributed by atoms with Crippen molar-refractivity contribution in [1.82, 2.24) is 0 Å². The maximum Gasteiger partial charge on any atom is 0.0587 e. The van der Waals surface area contributed by atoms with Crippen molar-refractivity contribution in [3.8, 4) is 0 Å². The van der Waals surface area contributed by atoms with E-state index in [1.165, 1.54) is 0 Å². The largest absolute Gasteiger partial charge is 0.393 e. The van der Waals surface area contributed by atoms with Gasteiger partial charge in [-0.25, -0.2) is 0 Å². The molecule has 0 aromatic rings. The molecule has 56 valence electrons. The molecule has 2 atom stereocenters. The Labute approximate surface area is 56.5 Å². The van der Waals surface area contributed by atoms with Gasteiger partial charge in [0.25, 0.3) is 0 Å². The van der Waals surface area contributed by atoms with Crippen LogP contribution in [0.4, 0.5) is 0 Å². The fourth-order valence-corrected chi connectivity index (χ4v) is 0.349. The molecule has 0 aliphatic carbocycles. The standard InChI is InChI=1S/C7H16O2/c1-5(8)7(3,4)6(2)9/h5-6,8-9H,1-4H3/t5-,6+. The fraction of sp³-hybridized carbons (Fsp3) is 1.00. The first-order chi connectivity index (χ1) is 3.89. The fourth-order valence-electron chi connectivity index (χ4n) is 0.349. The highest BCUT2D eigenvalue weighted by atomic mass is 16.3. The first-order valence-corrected chi connectivity index (χ1v) is 3.25. The molecule has 0 fully saturated rings. The molecule has 0 amide bonds. The van der Waals surface area contributed by atoms with Gasteiger partial charge in [-0.1, -0.05) is 13.8 Å². The van der Waals surface area contributed by atoms with Crippen LogP contribution in [-0.2, 0) is 0 Å². The lowest BCUT2D eigenvalue weighted by Crippen LogP contribution is -2.36. The molecule has 0 radical (unpaired) electrons. The highest BCUT2D eigenvalue weighted by Crippen LogP contribution is 2.24. The van der Waals surface area contributed by atoms with Gasteiger partial charge in [0.05, 0.1) is 12.2 Å². The predicted molar refractivity (Wildman–Crippen MR) is 37.1 cm³/mol. The van der Waals surface area contributed by atoms with E-state index in [0.717, 1.165) is 0 Å². The molecule has 0 heterocycles. The summed E-state index contributed by atoms with van der Waals surface area (Å²) in [4.78, 5) is 0. The third-order valence-corrected chi connectivity index (χ3v) is 2.15. The smallest absolute Gasteiger partial charge is 0.0587 e. The van der Waals surface area contributed by atoms with Crippen molar-refractivity contribution in [3.05, 3.63) is 0 Å². The Morgan fingerprint density at radius 2 is 1.22 bits per heavy atom. The molecule has 0 saturated carbocycles. The Balaban J connectivity index is 4.01. The third-order valence-electron chi connectivity index (χ3n) is 2.15. The van der Waals surface area contributed by atoms with Crippen LogP contribution in [0, 0.1) is 5.41 Å². The molecule has 0 rings (SSSR count). The second-order valence-corrected chi connectivity index (χ2v) is 3.17. The van der Waals surface area contributed by atoms with E-state index in [4.69, 9.17) is 10.2 Å². The number of hydrogen-bond donors (Lipinski definition) is 2. The molecule has 2 heteroatoms. The van der Waals surface area contributed by atoms with Crippen molar-refractivity contribution < 1.29 is 10.2 Å². The van der Waals surface area contributed by atoms with Gasteiger partial charge in [0, 0.05) is 5.41 Å². The van der Waals surface area contributed by atoms with Gasteiger partial charge in [0.2, 0.25) is 0 Å². The summed E-state index contributed by atoms with van der Waals surface area (Å²) >= 11 is 0. The average molecular weight is 132 g/mol. The van der Waals surface area contributed by atoms with Crippen LogP contribution in [0.15, 0.2) is 0 Å². The zero-order valence-corrected chi connectivity index (χ0v) is 6.55. The van der Waals surface area contributed by atoms with Gasteiger partial charge in [0.15, 0.2) is 0 Å². The minimum Gasteiger partial charge on any atom is -0.393 e. The van der Waals surface area contributed by atoms with Gasteiger partial charge in [0.1, 0.15) is 0 Å². The Hall–Kier alpha value is -0.0800. The van der Waals surface area contributed by atoms with Crippen molar-refractivity contribution in [3.63, 3.8) is 0 Å². The zero-order chi connectivity index (χ0) is 7.65. The molecular formula is C7H16O2. The van der Waals surface area contributed by atoms with Crippen LogP contribution in [0.1, 0.15) is 27.7 Å². The number of rotatable bonds is 2. The Bertz CT molecular complexity index is 74.9. The SMILES string of the molecule is C[C@H](O)C(C)(C)[C@@H](C)O. The van der Waals surface area contributed by atoms with Crippen molar-refractivity contribution in [1.29, 1.82) is 0 Å². The minimum absolute atomic E-state index is 0.389. The monoisotopic (exact) mass is 132 g/mol. The summed E-state index contributed by atoms with van der Waals surface area (Å²) in [6, 6.07) is 0. The van der Waals surface area contributed by atoms with E-state index in [9.17, 15) is 0 Å². The molecule has 0 unspecified atom stereocenters. The van der Waals surface area contributed by atoms with Gasteiger partial charge < -0.3 is 10.2 Å². The maximum atomic E-state index is 9.09. The summed E-state index contributed by atoms with van der Waals surface area (Å²) < 4.78 is 0. The molecule has 9 heavy (non-hydrogen) atoms. The lowest BCUT2D eigenvalue weighted by Gasteiger charge is -2.30. The minimum atomic E-state index is -0.461. The summed E-state index contributed by atoms with van der Waals surface area (Å²) in [6.07, 6.45) is -0.921. The Kier molecular flexibility index (Phi) is 2.65. The van der Waals surface area contributed by atoms with Gasteiger partial charge >= 0.3 is 0 Å². The number of aliphatic hydroxyl groups is 2. The van der Waals surface area contributed by atoms with E-state index in [2.05, 4.69) is 0 Å². The Morgan fingerprint density at radius 3 is 1.22 bits per heavy atom. The zero-order valence-electron chi connectivity index (χ0n) is 6.55. The van der Waals surface area contributed by atoms with Gasteiger partial charge in [-0.05, 0) is 13.8 Å². The van der Waals surface area contributed by atoms with E-state index in [1.54, 1.807) is 13.8 Å². The molecule has 0 saturated heterocycles. The molecule has 0 aliphatic rings. The predicted octanol–water partition coefficient (Wildman–Crippen LogP) is 0.774. The molecule has 0 spiro atoms. The van der Waals surface area contributed by atoms with E-state index < -0.39 is 12.2 Å². The quantitative estimate of drug-likeness (QED) is 0.582. The van der Waals surface area contributed by atoms with Crippen LogP contribution in [0.25, 0.3) is 0 Å². The second kappa shape index (κ2) is 2.67. The number of hydrogen-bond acceptors (Lipinski definition) is 2. The maximum absolute atomic E-state index is 9.09. The molecule has 0 aromatic carbocycles. The van der Waals surface area contributed by atoms with E-state index in [0.29, 0.717) is 0 Å². The van der Waals surface area contributed by atoms with Crippen LogP contribution in [-0.4, -0.2) is 22.4 Å². The van der Waals surface area contributed by atoms with Crippen LogP contribution in [0.2, 0.25) is 0 Å². The van der Waals surface area contributed by atoms with E-state index in [-0.39, 0.29) is 5.41 Å². The lowest BCUT2D eigenvalue weighted by atomic mass is 9.82. The van der Waals surface area contributed by atoms with Crippen LogP contribution >= 0.6 is 0 Å². The summed E-state index contributed by atoms with van der Waals surface area (Å²) in [5, 5.41) is 18.2. The van der Waals surface area contributed by atoms with Crippen LogP contribution < -0.4 is 0 Å². The molecule has 2 nitrogen and oxygen atoms in total. The van der Waals surface area contributed by atoms with Gasteiger partial charge in [-0.2, -0.15) is 0 Å². The first kappa shape index (κ1) is 8.92. The summed E-state index contributed by atoms with van der Waals surface area (Å²) in [5.74, 6) is 0. The number of aliphatic hydroxyl groups excluding tert-OH is 2. The molecular weight excluding hydrogens is 116 g/mol.